The van der Waals surface area contributed by atoms with Crippen molar-refractivity contribution in [1.29, 1.82) is 0 Å². The van der Waals surface area contributed by atoms with Crippen molar-refractivity contribution in [2.75, 3.05) is 6.26 Å². The van der Waals surface area contributed by atoms with Gasteiger partial charge in [-0.05, 0) is 29.5 Å². The fourth-order valence-corrected chi connectivity index (χ4v) is 2.17. The van der Waals surface area contributed by atoms with Crippen LogP contribution < -0.4 is 0 Å². The van der Waals surface area contributed by atoms with Gasteiger partial charge in [-0.2, -0.15) is 0 Å². The Morgan fingerprint density at radius 3 is 2.59 bits per heavy atom. The smallest absolute Gasteiger partial charge is 0.256 e. The number of oxazole rings is 1. The van der Waals surface area contributed by atoms with Gasteiger partial charge in [0, 0.05) is 0 Å². The molecule has 0 N–H and O–H groups in total. The minimum Gasteiger partial charge on any atom is -0.431 e. The zero-order valence-electron chi connectivity index (χ0n) is 9.38. The SMILES string of the molecule is CSc1nc2cc(-c3ccccc3)ccc2o1. The van der Waals surface area contributed by atoms with Gasteiger partial charge in [0.05, 0.1) is 0 Å². The van der Waals surface area contributed by atoms with Crippen molar-refractivity contribution in [3.63, 3.8) is 0 Å². The topological polar surface area (TPSA) is 26.0 Å². The molecule has 2 nitrogen and oxygen atoms in total. The quantitative estimate of drug-likeness (QED) is 0.628. The third-order valence-corrected chi connectivity index (χ3v) is 3.17. The highest BCUT2D eigenvalue weighted by molar-refractivity contribution is 7.98. The Kier molecular flexibility index (Phi) is 2.61. The van der Waals surface area contributed by atoms with Gasteiger partial charge >= 0.3 is 0 Å². The summed E-state index contributed by atoms with van der Waals surface area (Å²) in [6.07, 6.45) is 1.96. The van der Waals surface area contributed by atoms with Gasteiger partial charge in [-0.15, -0.1) is 0 Å². The van der Waals surface area contributed by atoms with E-state index >= 15 is 0 Å². The lowest BCUT2D eigenvalue weighted by Crippen LogP contribution is -1.77. The summed E-state index contributed by atoms with van der Waals surface area (Å²) in [7, 11) is 0. The van der Waals surface area contributed by atoms with Crippen LogP contribution in [0.2, 0.25) is 0 Å². The highest BCUT2D eigenvalue weighted by Crippen LogP contribution is 2.26. The third kappa shape index (κ3) is 1.94. The third-order valence-electron chi connectivity index (χ3n) is 2.65. The summed E-state index contributed by atoms with van der Waals surface area (Å²) < 4.78 is 5.56. The second kappa shape index (κ2) is 4.26. The Bertz CT molecular complexity index is 646. The first-order valence-corrected chi connectivity index (χ1v) is 6.59. The number of rotatable bonds is 2. The first-order chi connectivity index (χ1) is 8.36. The lowest BCUT2D eigenvalue weighted by molar-refractivity contribution is 0.490. The Labute approximate surface area is 104 Å². The number of nitrogens with zero attached hydrogens (tertiary/aromatic N) is 1. The van der Waals surface area contributed by atoms with Crippen LogP contribution in [0.15, 0.2) is 58.2 Å². The van der Waals surface area contributed by atoms with Gasteiger partial charge in [-0.25, -0.2) is 4.98 Å². The Hall–Kier alpha value is -1.74. The summed E-state index contributed by atoms with van der Waals surface area (Å²) in [5.41, 5.74) is 4.12. The molecule has 1 heterocycles. The average Bonchev–Trinajstić information content (AvgIpc) is 2.81. The molecule has 0 saturated carbocycles. The molecule has 0 aliphatic rings. The number of aromatic nitrogens is 1. The van der Waals surface area contributed by atoms with E-state index in [9.17, 15) is 0 Å². The van der Waals surface area contributed by atoms with E-state index in [1.54, 1.807) is 0 Å². The maximum atomic E-state index is 5.56. The van der Waals surface area contributed by atoms with Crippen LogP contribution >= 0.6 is 11.8 Å². The fraction of sp³-hybridized carbons (Fsp3) is 0.0714. The van der Waals surface area contributed by atoms with Crippen molar-refractivity contribution >= 4 is 22.9 Å². The molecule has 1 aromatic heterocycles. The number of thioether (sulfide) groups is 1. The van der Waals surface area contributed by atoms with Crippen molar-refractivity contribution < 1.29 is 4.42 Å². The molecule has 0 bridgehead atoms. The lowest BCUT2D eigenvalue weighted by atomic mass is 10.1. The molecule has 84 valence electrons. The summed E-state index contributed by atoms with van der Waals surface area (Å²) in [4.78, 5) is 4.41. The van der Waals surface area contributed by atoms with E-state index in [2.05, 4.69) is 29.2 Å². The minimum absolute atomic E-state index is 0.713. The normalized spacial score (nSPS) is 10.9. The van der Waals surface area contributed by atoms with Gasteiger partial charge in [0.2, 0.25) is 0 Å². The number of hydrogen-bond acceptors (Lipinski definition) is 3. The average molecular weight is 241 g/mol. The predicted molar refractivity (Wildman–Crippen MR) is 71.2 cm³/mol. The highest BCUT2D eigenvalue weighted by Gasteiger charge is 2.06. The molecule has 17 heavy (non-hydrogen) atoms. The Balaban J connectivity index is 2.13. The Morgan fingerprint density at radius 2 is 1.82 bits per heavy atom. The van der Waals surface area contributed by atoms with Crippen LogP contribution in [0.1, 0.15) is 0 Å². The van der Waals surface area contributed by atoms with Crippen LogP contribution in [0.4, 0.5) is 0 Å². The monoisotopic (exact) mass is 241 g/mol. The van der Waals surface area contributed by atoms with Crippen molar-refractivity contribution in [3.8, 4) is 11.1 Å². The van der Waals surface area contributed by atoms with Crippen LogP contribution in [0.3, 0.4) is 0 Å². The maximum Gasteiger partial charge on any atom is 0.256 e. The second-order valence-corrected chi connectivity index (χ2v) is 4.49. The first kappa shape index (κ1) is 10.4. The van der Waals surface area contributed by atoms with E-state index in [-0.39, 0.29) is 0 Å². The van der Waals surface area contributed by atoms with Crippen molar-refractivity contribution in [3.05, 3.63) is 48.5 Å². The molecule has 0 aliphatic carbocycles. The van der Waals surface area contributed by atoms with Crippen molar-refractivity contribution in [2.45, 2.75) is 5.22 Å². The molecule has 0 atom stereocenters. The zero-order valence-corrected chi connectivity index (χ0v) is 10.2. The van der Waals surface area contributed by atoms with Crippen molar-refractivity contribution in [2.24, 2.45) is 0 Å². The van der Waals surface area contributed by atoms with Crippen molar-refractivity contribution in [1.82, 2.24) is 4.98 Å². The van der Waals surface area contributed by atoms with Gasteiger partial charge in [0.25, 0.3) is 5.22 Å². The standard InChI is InChI=1S/C14H11NOS/c1-17-14-15-12-9-11(7-8-13(12)16-14)10-5-3-2-4-6-10/h2-9H,1H3. The predicted octanol–water partition coefficient (Wildman–Crippen LogP) is 4.22. The van der Waals surface area contributed by atoms with E-state index < -0.39 is 0 Å². The van der Waals surface area contributed by atoms with E-state index in [0.29, 0.717) is 5.22 Å². The molecule has 0 aliphatic heterocycles. The molecular weight excluding hydrogens is 230 g/mol. The molecule has 0 unspecified atom stereocenters. The number of hydrogen-bond donors (Lipinski definition) is 0. The van der Waals surface area contributed by atoms with Crippen LogP contribution in [0, 0.1) is 0 Å². The highest BCUT2D eigenvalue weighted by atomic mass is 32.2. The van der Waals surface area contributed by atoms with Crippen LogP contribution in [0.25, 0.3) is 22.2 Å². The van der Waals surface area contributed by atoms with Gasteiger partial charge in [0.1, 0.15) is 5.52 Å². The molecule has 2 aromatic carbocycles. The van der Waals surface area contributed by atoms with Gasteiger partial charge in [-0.1, -0.05) is 48.2 Å². The van der Waals surface area contributed by atoms with Gasteiger partial charge in [-0.3, -0.25) is 0 Å². The number of fused-ring (bicyclic) bond motifs is 1. The molecule has 0 fully saturated rings. The van der Waals surface area contributed by atoms with E-state index in [1.807, 2.05) is 30.5 Å². The zero-order chi connectivity index (χ0) is 11.7. The molecular formula is C14H11NOS. The summed E-state index contributed by atoms with van der Waals surface area (Å²) >= 11 is 1.52. The van der Waals surface area contributed by atoms with Crippen LogP contribution in [0.5, 0.6) is 0 Å². The molecule has 3 heteroatoms. The summed E-state index contributed by atoms with van der Waals surface area (Å²) in [5.74, 6) is 0. The van der Waals surface area contributed by atoms with Gasteiger partial charge < -0.3 is 4.42 Å². The maximum absolute atomic E-state index is 5.56. The number of benzene rings is 2. The van der Waals surface area contributed by atoms with E-state index in [0.717, 1.165) is 11.1 Å². The Morgan fingerprint density at radius 1 is 1.00 bits per heavy atom. The molecule has 3 aromatic rings. The fourth-order valence-electron chi connectivity index (χ4n) is 1.80. The molecule has 0 amide bonds. The molecule has 0 spiro atoms. The van der Waals surface area contributed by atoms with E-state index in [4.69, 9.17) is 4.42 Å². The van der Waals surface area contributed by atoms with Crippen LogP contribution in [-0.2, 0) is 0 Å². The largest absolute Gasteiger partial charge is 0.431 e. The first-order valence-electron chi connectivity index (χ1n) is 5.37. The summed E-state index contributed by atoms with van der Waals surface area (Å²) in [5, 5.41) is 0.713. The molecule has 0 saturated heterocycles. The molecule has 3 rings (SSSR count). The lowest BCUT2D eigenvalue weighted by Gasteiger charge is -1.99. The summed E-state index contributed by atoms with van der Waals surface area (Å²) in [6.45, 7) is 0. The van der Waals surface area contributed by atoms with Gasteiger partial charge in [0.15, 0.2) is 5.58 Å². The second-order valence-electron chi connectivity index (χ2n) is 3.73. The minimum atomic E-state index is 0.713. The van der Waals surface area contributed by atoms with Crippen LogP contribution in [-0.4, -0.2) is 11.2 Å². The van der Waals surface area contributed by atoms with E-state index in [1.165, 1.54) is 22.9 Å². The molecule has 0 radical (unpaired) electrons. The summed E-state index contributed by atoms with van der Waals surface area (Å²) in [6, 6.07) is 16.4.